The molecule has 1 saturated carbocycles. The Morgan fingerprint density at radius 1 is 1.27 bits per heavy atom. The number of benzene rings is 1. The van der Waals surface area contributed by atoms with Gasteiger partial charge in [-0.15, -0.1) is 0 Å². The van der Waals surface area contributed by atoms with Crippen molar-refractivity contribution in [2.75, 3.05) is 26.9 Å². The summed E-state index contributed by atoms with van der Waals surface area (Å²) >= 11 is 0. The third-order valence-corrected chi connectivity index (χ3v) is 8.29. The fraction of sp³-hybridized carbons (Fsp3) is 0.515. The van der Waals surface area contributed by atoms with Crippen molar-refractivity contribution in [3.63, 3.8) is 0 Å². The van der Waals surface area contributed by atoms with Gasteiger partial charge in [-0.25, -0.2) is 9.78 Å². The fourth-order valence-corrected chi connectivity index (χ4v) is 5.92. The highest BCUT2D eigenvalue weighted by Crippen LogP contribution is 2.49. The van der Waals surface area contributed by atoms with E-state index in [1.165, 1.54) is 4.90 Å². The third-order valence-electron chi connectivity index (χ3n) is 8.29. The summed E-state index contributed by atoms with van der Waals surface area (Å²) in [5.41, 5.74) is -1.81. The van der Waals surface area contributed by atoms with Crippen molar-refractivity contribution in [2.24, 2.45) is 5.92 Å². The average molecular weight is 623 g/mol. The van der Waals surface area contributed by atoms with Crippen molar-refractivity contribution < 1.29 is 38.4 Å². The van der Waals surface area contributed by atoms with Crippen molar-refractivity contribution in [2.45, 2.75) is 75.8 Å². The third kappa shape index (κ3) is 7.33. The molecule has 1 aromatic heterocycles. The molecule has 5 atom stereocenters. The van der Waals surface area contributed by atoms with E-state index in [9.17, 15) is 19.5 Å². The largest absolute Gasteiger partial charge is 0.510 e. The van der Waals surface area contributed by atoms with Crippen molar-refractivity contribution in [3.8, 4) is 11.6 Å². The highest BCUT2D eigenvalue weighted by atomic mass is 16.6. The molecule has 0 spiro atoms. The van der Waals surface area contributed by atoms with Gasteiger partial charge in [-0.2, -0.15) is 0 Å². The number of nitrogens with zero attached hydrogens (tertiary/aromatic N) is 2. The van der Waals surface area contributed by atoms with Crippen molar-refractivity contribution >= 4 is 28.7 Å². The van der Waals surface area contributed by atoms with E-state index in [-0.39, 0.29) is 31.1 Å². The molecule has 45 heavy (non-hydrogen) atoms. The number of pyridine rings is 1. The molecular weight excluding hydrogens is 580 g/mol. The van der Waals surface area contributed by atoms with Crippen LogP contribution in [-0.2, 0) is 19.1 Å². The van der Waals surface area contributed by atoms with Gasteiger partial charge in [0.2, 0.25) is 17.7 Å². The van der Waals surface area contributed by atoms with Gasteiger partial charge >= 0.3 is 6.09 Å². The molecule has 2 aliphatic heterocycles. The monoisotopic (exact) mass is 622 g/mol. The van der Waals surface area contributed by atoms with Crippen LogP contribution in [0.4, 0.5) is 4.79 Å². The van der Waals surface area contributed by atoms with Crippen LogP contribution in [0.25, 0.3) is 10.8 Å². The van der Waals surface area contributed by atoms with Gasteiger partial charge in [-0.05, 0) is 69.7 Å². The topological polar surface area (TPSA) is 149 Å². The van der Waals surface area contributed by atoms with E-state index in [2.05, 4.69) is 22.2 Å². The zero-order valence-electron chi connectivity index (χ0n) is 26.2. The van der Waals surface area contributed by atoms with Crippen LogP contribution in [0.5, 0.6) is 11.6 Å². The van der Waals surface area contributed by atoms with E-state index in [0.29, 0.717) is 37.7 Å². The molecule has 3 heterocycles. The number of carbonyl (C=O) groups excluding carboxylic acids is 3. The number of methoxy groups -OCH3 is 1. The number of aromatic nitrogens is 1. The van der Waals surface area contributed by atoms with E-state index in [4.69, 9.17) is 18.9 Å². The number of amides is 3. The lowest BCUT2D eigenvalue weighted by Gasteiger charge is -2.30. The Bertz CT molecular complexity index is 1490. The van der Waals surface area contributed by atoms with Crippen LogP contribution in [0.1, 0.15) is 46.5 Å². The number of fused-ring (bicyclic) bond motifs is 3. The Labute approximate surface area is 262 Å². The molecule has 12 nitrogen and oxygen atoms in total. The summed E-state index contributed by atoms with van der Waals surface area (Å²) in [5, 5.41) is 17.8. The average Bonchev–Trinajstić information content (AvgIpc) is 3.51. The Morgan fingerprint density at radius 2 is 2.07 bits per heavy atom. The molecule has 3 aliphatic rings. The van der Waals surface area contributed by atoms with Crippen molar-refractivity contribution in [3.05, 3.63) is 55.0 Å². The molecule has 12 heteroatoms. The van der Waals surface area contributed by atoms with Gasteiger partial charge in [-0.1, -0.05) is 18.7 Å². The molecule has 5 rings (SSSR count). The van der Waals surface area contributed by atoms with E-state index in [0.717, 1.165) is 10.8 Å². The van der Waals surface area contributed by atoms with Gasteiger partial charge in [0, 0.05) is 30.5 Å². The Morgan fingerprint density at radius 3 is 2.80 bits per heavy atom. The first-order valence-corrected chi connectivity index (χ1v) is 15.2. The molecule has 3 amide bonds. The number of aliphatic hydroxyl groups is 1. The number of carbonyl (C=O) groups is 3. The first-order valence-electron chi connectivity index (χ1n) is 15.2. The second kappa shape index (κ2) is 13.0. The number of aliphatic hydroxyl groups excluding tert-OH is 1. The standard InChI is InChI=1S/C33H42N4O8/c1-20(38)33-18-22(33)8-6-14-43-15-7-9-26(35-31(41)45-32(2,3)4)30(40)37-19-24(17-27(37)28(39)36-33)44-29-25-11-10-23(42-5)16-21(25)12-13-34-29/h6,8,10-13,16,22,24,26-27,38H,1,7,9,14-15,17-19H2,2-5H3,(H,35,41)(H,36,39)/b8-6-/t22-,24-,26+,27+,33+/m1/s1. The van der Waals surface area contributed by atoms with Crippen LogP contribution in [0.2, 0.25) is 0 Å². The lowest BCUT2D eigenvalue weighted by Crippen LogP contribution is -2.55. The molecule has 1 aromatic carbocycles. The number of ether oxygens (including phenoxy) is 4. The maximum Gasteiger partial charge on any atom is 0.408 e. The molecule has 1 aliphatic carbocycles. The van der Waals surface area contributed by atoms with Crippen LogP contribution in [0.15, 0.2) is 55.0 Å². The summed E-state index contributed by atoms with van der Waals surface area (Å²) in [6.45, 7) is 9.70. The first-order chi connectivity index (χ1) is 21.4. The van der Waals surface area contributed by atoms with E-state index >= 15 is 0 Å². The minimum atomic E-state index is -1.04. The van der Waals surface area contributed by atoms with Gasteiger partial charge < -0.3 is 39.6 Å². The smallest absolute Gasteiger partial charge is 0.408 e. The molecule has 0 radical (unpaired) electrons. The summed E-state index contributed by atoms with van der Waals surface area (Å²) in [5.74, 6) is -0.152. The quantitative estimate of drug-likeness (QED) is 0.335. The van der Waals surface area contributed by atoms with Crippen LogP contribution in [0, 0.1) is 5.92 Å². The summed E-state index contributed by atoms with van der Waals surface area (Å²) in [6.07, 6.45) is 5.45. The molecule has 3 N–H and O–H groups in total. The van der Waals surface area contributed by atoms with Gasteiger partial charge in [0.15, 0.2) is 0 Å². The van der Waals surface area contributed by atoms with E-state index in [1.54, 1.807) is 34.1 Å². The number of hydrogen-bond donors (Lipinski definition) is 3. The number of alkyl carbamates (subject to hydrolysis) is 1. The van der Waals surface area contributed by atoms with Gasteiger partial charge in [0.25, 0.3) is 0 Å². The van der Waals surface area contributed by atoms with Gasteiger partial charge in [-0.3, -0.25) is 9.59 Å². The predicted octanol–water partition coefficient (Wildman–Crippen LogP) is 3.80. The maximum atomic E-state index is 14.2. The summed E-state index contributed by atoms with van der Waals surface area (Å²) in [6, 6.07) is 5.46. The number of nitrogens with one attached hydrogen (secondary N) is 2. The molecule has 2 fully saturated rings. The van der Waals surface area contributed by atoms with Crippen LogP contribution in [-0.4, -0.2) is 89.1 Å². The molecule has 1 saturated heterocycles. The predicted molar refractivity (Wildman–Crippen MR) is 166 cm³/mol. The van der Waals surface area contributed by atoms with Crippen LogP contribution < -0.4 is 20.1 Å². The number of hydrogen-bond acceptors (Lipinski definition) is 9. The van der Waals surface area contributed by atoms with Crippen molar-refractivity contribution in [1.82, 2.24) is 20.5 Å². The Kier molecular flexibility index (Phi) is 9.24. The fourth-order valence-electron chi connectivity index (χ4n) is 5.92. The lowest BCUT2D eigenvalue weighted by atomic mass is 10.1. The maximum absolute atomic E-state index is 14.2. The first kappa shape index (κ1) is 32.1. The van der Waals surface area contributed by atoms with Crippen molar-refractivity contribution in [1.29, 1.82) is 0 Å². The number of rotatable bonds is 5. The zero-order valence-corrected chi connectivity index (χ0v) is 26.2. The highest BCUT2D eigenvalue weighted by Gasteiger charge is 2.58. The molecule has 2 aromatic rings. The summed E-state index contributed by atoms with van der Waals surface area (Å²) in [7, 11) is 1.59. The summed E-state index contributed by atoms with van der Waals surface area (Å²) in [4.78, 5) is 46.8. The van der Waals surface area contributed by atoms with E-state index in [1.807, 2.05) is 36.4 Å². The molecule has 0 bridgehead atoms. The minimum absolute atomic E-state index is 0.0740. The van der Waals surface area contributed by atoms with Gasteiger partial charge in [0.1, 0.15) is 40.8 Å². The molecular formula is C33H42N4O8. The second-order valence-electron chi connectivity index (χ2n) is 12.7. The molecule has 242 valence electrons. The SMILES string of the molecule is C=C(O)[C@@]12C[C@H]1/C=C\COCCC[C@H](NC(=O)OC(C)(C)C)C(=O)N1C[C@H](Oc3nccc4cc(OC)ccc34)C[C@H]1C(=O)N2. The highest BCUT2D eigenvalue weighted by molar-refractivity contribution is 5.93. The summed E-state index contributed by atoms with van der Waals surface area (Å²) < 4.78 is 22.9. The van der Waals surface area contributed by atoms with E-state index < -0.39 is 47.2 Å². The lowest BCUT2D eigenvalue weighted by molar-refractivity contribution is -0.140. The normalized spacial score (nSPS) is 28.0. The zero-order chi connectivity index (χ0) is 32.4. The van der Waals surface area contributed by atoms with Crippen LogP contribution in [0.3, 0.4) is 0 Å². The second-order valence-corrected chi connectivity index (χ2v) is 12.7. The van der Waals surface area contributed by atoms with Gasteiger partial charge in [0.05, 0.1) is 20.3 Å². The molecule has 0 unspecified atom stereocenters. The minimum Gasteiger partial charge on any atom is -0.510 e. The van der Waals surface area contributed by atoms with Crippen LogP contribution >= 0.6 is 0 Å². The Hall–Kier alpha value is -4.32. The Balaban J connectivity index is 1.44.